The van der Waals surface area contributed by atoms with Gasteiger partial charge in [0.1, 0.15) is 0 Å². The van der Waals surface area contributed by atoms with Gasteiger partial charge in [0.2, 0.25) is 0 Å². The lowest BCUT2D eigenvalue weighted by Gasteiger charge is -1.75. The molecule has 0 bridgehead atoms. The fourth-order valence-electron chi connectivity index (χ4n) is 0.367. The molecule has 0 saturated heterocycles. The highest BCUT2D eigenvalue weighted by molar-refractivity contribution is 9.10. The number of hydrogen-bond acceptors (Lipinski definition) is 0. The maximum atomic E-state index is 3.29. The molecule has 0 unspecified atom stereocenters. The molecule has 36 valence electrons. The molecule has 1 aromatic heterocycles. The average Bonchev–Trinajstić information content (AvgIpc) is 1.69. The quantitative estimate of drug-likeness (QED) is 0.541. The van der Waals surface area contributed by atoms with Crippen LogP contribution in [0.3, 0.4) is 0 Å². The van der Waals surface area contributed by atoms with E-state index in [0.717, 1.165) is 4.47 Å². The maximum absolute atomic E-state index is 3.29. The van der Waals surface area contributed by atoms with Crippen LogP contribution in [0, 0.1) is 0 Å². The first-order valence-corrected chi connectivity index (χ1v) is 2.80. The van der Waals surface area contributed by atoms with Crippen molar-refractivity contribution in [3.63, 3.8) is 0 Å². The molecule has 0 aliphatic rings. The van der Waals surface area contributed by atoms with Crippen molar-refractivity contribution in [1.82, 2.24) is 0 Å². The summed E-state index contributed by atoms with van der Waals surface area (Å²) in [7, 11) is 0. The summed E-state index contributed by atoms with van der Waals surface area (Å²) in [6.07, 6.45) is 3.73. The molecule has 1 heterocycles. The topological polar surface area (TPSA) is 14.1 Å². The SMILES string of the molecule is Brc1cc[nH+]cc1. The fraction of sp³-hybridized carbons (Fsp3) is 0. The number of nitrogens with one attached hydrogen (secondary N) is 1. The van der Waals surface area contributed by atoms with E-state index in [0.29, 0.717) is 0 Å². The van der Waals surface area contributed by atoms with Crippen LogP contribution < -0.4 is 4.98 Å². The number of rotatable bonds is 0. The molecule has 0 radical (unpaired) electrons. The first kappa shape index (κ1) is 4.78. The van der Waals surface area contributed by atoms with Crippen LogP contribution in [0.1, 0.15) is 0 Å². The lowest BCUT2D eigenvalue weighted by Crippen LogP contribution is -1.94. The molecule has 2 heteroatoms. The van der Waals surface area contributed by atoms with Gasteiger partial charge in [-0.05, 0) is 0 Å². The fourth-order valence-corrected chi connectivity index (χ4v) is 0.631. The van der Waals surface area contributed by atoms with E-state index in [4.69, 9.17) is 0 Å². The Hall–Kier alpha value is -0.370. The van der Waals surface area contributed by atoms with Gasteiger partial charge in [-0.1, -0.05) is 15.9 Å². The number of hydrogen-bond donors (Lipinski definition) is 0. The minimum atomic E-state index is 1.10. The Morgan fingerprint density at radius 1 is 1.29 bits per heavy atom. The van der Waals surface area contributed by atoms with Gasteiger partial charge in [0.05, 0.1) is 0 Å². The number of aromatic nitrogens is 1. The zero-order valence-electron chi connectivity index (χ0n) is 3.69. The first-order valence-electron chi connectivity index (χ1n) is 2.01. The highest BCUT2D eigenvalue weighted by atomic mass is 79.9. The Bertz CT molecular complexity index is 138. The van der Waals surface area contributed by atoms with Crippen LogP contribution in [0.25, 0.3) is 0 Å². The van der Waals surface area contributed by atoms with Gasteiger partial charge in [0.25, 0.3) is 0 Å². The van der Waals surface area contributed by atoms with Crippen molar-refractivity contribution in [1.29, 1.82) is 0 Å². The molecule has 0 aliphatic heterocycles. The summed E-state index contributed by atoms with van der Waals surface area (Å²) in [5.74, 6) is 0. The van der Waals surface area contributed by atoms with Crippen molar-refractivity contribution < 1.29 is 4.98 Å². The number of aromatic amines is 1. The minimum absolute atomic E-state index is 1.10. The highest BCUT2D eigenvalue weighted by Crippen LogP contribution is 2.02. The summed E-state index contributed by atoms with van der Waals surface area (Å²) in [5, 5.41) is 0. The smallest absolute Gasteiger partial charge is 0.168 e. The second-order valence-electron chi connectivity index (χ2n) is 1.22. The molecule has 0 fully saturated rings. The van der Waals surface area contributed by atoms with Crippen LogP contribution >= 0.6 is 15.9 Å². The third-order valence-electron chi connectivity index (χ3n) is 0.678. The van der Waals surface area contributed by atoms with Crippen molar-refractivity contribution in [3.8, 4) is 0 Å². The molecule has 0 atom stereocenters. The van der Waals surface area contributed by atoms with Crippen molar-refractivity contribution in [2.45, 2.75) is 0 Å². The van der Waals surface area contributed by atoms with E-state index >= 15 is 0 Å². The highest BCUT2D eigenvalue weighted by Gasteiger charge is 1.80. The van der Waals surface area contributed by atoms with Gasteiger partial charge in [-0.3, -0.25) is 0 Å². The molecule has 0 aromatic carbocycles. The van der Waals surface area contributed by atoms with Crippen LogP contribution in [0.4, 0.5) is 0 Å². The Morgan fingerprint density at radius 2 is 1.86 bits per heavy atom. The summed E-state index contributed by atoms with van der Waals surface area (Å²) in [6, 6.07) is 3.89. The predicted octanol–water partition coefficient (Wildman–Crippen LogP) is 1.26. The lowest BCUT2D eigenvalue weighted by molar-refractivity contribution is -0.378. The second-order valence-corrected chi connectivity index (χ2v) is 2.13. The van der Waals surface area contributed by atoms with Crippen LogP contribution in [-0.4, -0.2) is 0 Å². The summed E-state index contributed by atoms with van der Waals surface area (Å²) in [6.45, 7) is 0. The summed E-state index contributed by atoms with van der Waals surface area (Å²) in [5.41, 5.74) is 0. The van der Waals surface area contributed by atoms with Gasteiger partial charge in [-0.15, -0.1) is 0 Å². The Morgan fingerprint density at radius 3 is 2.14 bits per heavy atom. The summed E-state index contributed by atoms with van der Waals surface area (Å²) in [4.78, 5) is 2.90. The van der Waals surface area contributed by atoms with Gasteiger partial charge in [-0.2, -0.15) is 0 Å². The molecule has 1 nitrogen and oxygen atoms in total. The molecule has 7 heavy (non-hydrogen) atoms. The molecule has 1 rings (SSSR count). The Labute approximate surface area is 50.5 Å². The van der Waals surface area contributed by atoms with Gasteiger partial charge in [0, 0.05) is 16.6 Å². The maximum Gasteiger partial charge on any atom is 0.168 e. The van der Waals surface area contributed by atoms with Crippen molar-refractivity contribution >= 4 is 15.9 Å². The first-order chi connectivity index (χ1) is 3.39. The van der Waals surface area contributed by atoms with Crippen LogP contribution in [0.2, 0.25) is 0 Å². The number of H-pyrrole nitrogens is 1. The molecule has 0 spiro atoms. The van der Waals surface area contributed by atoms with Gasteiger partial charge in [-0.25, -0.2) is 4.98 Å². The monoisotopic (exact) mass is 158 g/mol. The molecular weight excluding hydrogens is 154 g/mol. The van der Waals surface area contributed by atoms with E-state index in [1.165, 1.54) is 0 Å². The average molecular weight is 159 g/mol. The van der Waals surface area contributed by atoms with E-state index < -0.39 is 0 Å². The predicted molar refractivity (Wildman–Crippen MR) is 30.7 cm³/mol. The standard InChI is InChI=1S/C5H4BrN/c6-5-1-3-7-4-2-5/h1-4H/p+1. The van der Waals surface area contributed by atoms with E-state index in [1.807, 2.05) is 24.5 Å². The van der Waals surface area contributed by atoms with Gasteiger partial charge >= 0.3 is 0 Å². The Kier molecular flexibility index (Phi) is 1.42. The minimum Gasteiger partial charge on any atom is -0.218 e. The Balaban J connectivity index is 3.02. The summed E-state index contributed by atoms with van der Waals surface area (Å²) >= 11 is 3.29. The normalized spacial score (nSPS) is 8.71. The van der Waals surface area contributed by atoms with Gasteiger partial charge < -0.3 is 0 Å². The molecular formula is C5H5BrN+. The van der Waals surface area contributed by atoms with E-state index in [2.05, 4.69) is 20.9 Å². The van der Waals surface area contributed by atoms with Crippen LogP contribution in [-0.2, 0) is 0 Å². The van der Waals surface area contributed by atoms with E-state index in [-0.39, 0.29) is 0 Å². The molecule has 0 aliphatic carbocycles. The third kappa shape index (κ3) is 1.27. The van der Waals surface area contributed by atoms with Gasteiger partial charge in [0.15, 0.2) is 12.4 Å². The van der Waals surface area contributed by atoms with E-state index in [1.54, 1.807) is 0 Å². The molecule has 1 aromatic rings. The second kappa shape index (κ2) is 2.07. The molecule has 0 saturated carbocycles. The van der Waals surface area contributed by atoms with Crippen molar-refractivity contribution in [2.24, 2.45) is 0 Å². The van der Waals surface area contributed by atoms with E-state index in [9.17, 15) is 0 Å². The number of halogens is 1. The zero-order chi connectivity index (χ0) is 5.11. The van der Waals surface area contributed by atoms with Crippen molar-refractivity contribution in [2.75, 3.05) is 0 Å². The van der Waals surface area contributed by atoms with Crippen LogP contribution in [0.5, 0.6) is 0 Å². The molecule has 0 amide bonds. The molecule has 1 N–H and O–H groups in total. The lowest BCUT2D eigenvalue weighted by atomic mass is 10.5. The zero-order valence-corrected chi connectivity index (χ0v) is 5.27. The van der Waals surface area contributed by atoms with Crippen LogP contribution in [0.15, 0.2) is 29.0 Å². The summed E-state index contributed by atoms with van der Waals surface area (Å²) < 4.78 is 1.10. The number of pyridine rings is 1. The van der Waals surface area contributed by atoms with Crippen molar-refractivity contribution in [3.05, 3.63) is 29.0 Å². The third-order valence-corrected chi connectivity index (χ3v) is 1.21. The largest absolute Gasteiger partial charge is 0.218 e.